The van der Waals surface area contributed by atoms with Gasteiger partial charge in [0.25, 0.3) is 0 Å². The molecule has 0 atom stereocenters. The number of carbonyl (C=O) groups excluding carboxylic acids is 1. The van der Waals surface area contributed by atoms with E-state index in [4.69, 9.17) is 5.11 Å². The molecule has 2 aliphatic rings. The molecule has 5 nitrogen and oxygen atoms in total. The molecular weight excluding hydrogens is 301 g/mol. The van der Waals surface area contributed by atoms with Crippen molar-refractivity contribution in [1.82, 2.24) is 10.2 Å². The average molecular weight is 322 g/mol. The minimum atomic E-state index is -4.22. The molecule has 0 aromatic rings. The van der Waals surface area contributed by atoms with E-state index >= 15 is 0 Å². The van der Waals surface area contributed by atoms with Crippen LogP contribution in [0.1, 0.15) is 39.0 Å². The second kappa shape index (κ2) is 5.96. The molecule has 2 fully saturated rings. The first-order valence-electron chi connectivity index (χ1n) is 7.43. The molecule has 22 heavy (non-hydrogen) atoms. The van der Waals surface area contributed by atoms with E-state index in [2.05, 4.69) is 5.32 Å². The number of amides is 2. The van der Waals surface area contributed by atoms with E-state index in [0.717, 1.165) is 0 Å². The molecule has 0 spiro atoms. The number of hydrogen-bond donors (Lipinski definition) is 2. The number of nitrogens with one attached hydrogen (secondary N) is 1. The van der Waals surface area contributed by atoms with Gasteiger partial charge in [0.15, 0.2) is 0 Å². The van der Waals surface area contributed by atoms with Gasteiger partial charge in [-0.15, -0.1) is 0 Å². The van der Waals surface area contributed by atoms with Crippen LogP contribution < -0.4 is 5.32 Å². The number of aliphatic carboxylic acids is 1. The predicted octanol–water partition coefficient (Wildman–Crippen LogP) is 2.61. The summed E-state index contributed by atoms with van der Waals surface area (Å²) in [7, 11) is 0. The number of carboxylic acids is 1. The summed E-state index contributed by atoms with van der Waals surface area (Å²) in [6, 6.07) is -0.434. The highest BCUT2D eigenvalue weighted by Crippen LogP contribution is 2.40. The Labute approximate surface area is 126 Å². The Kier molecular flexibility index (Phi) is 4.58. The number of urea groups is 1. The quantitative estimate of drug-likeness (QED) is 0.839. The summed E-state index contributed by atoms with van der Waals surface area (Å²) in [6.07, 6.45) is -2.87. The lowest BCUT2D eigenvalue weighted by Crippen LogP contribution is -2.61. The molecule has 2 N–H and O–H groups in total. The fourth-order valence-electron chi connectivity index (χ4n) is 3.37. The summed E-state index contributed by atoms with van der Waals surface area (Å²) in [5.41, 5.74) is -0.892. The molecule has 2 rings (SSSR count). The van der Waals surface area contributed by atoms with Crippen molar-refractivity contribution in [1.29, 1.82) is 0 Å². The molecule has 0 bridgehead atoms. The first kappa shape index (κ1) is 16.9. The normalized spacial score (nSPS) is 27.9. The lowest BCUT2D eigenvalue weighted by molar-refractivity contribution is -0.172. The Morgan fingerprint density at radius 2 is 1.77 bits per heavy atom. The smallest absolute Gasteiger partial charge is 0.389 e. The van der Waals surface area contributed by atoms with Gasteiger partial charge in [-0.05, 0) is 25.7 Å². The maximum absolute atomic E-state index is 12.4. The molecule has 1 saturated carbocycles. The standard InChI is InChI=1S/C14H21F3N2O3/c1-13(6-14(15,16)17)7-19(8-13)12(22)18-10-4-2-9(3-5-10)11(20)21/h9-10H,2-8H2,1H3,(H,18,22)(H,20,21). The van der Waals surface area contributed by atoms with Gasteiger partial charge in [-0.3, -0.25) is 4.79 Å². The van der Waals surface area contributed by atoms with Crippen LogP contribution in [0.5, 0.6) is 0 Å². The van der Waals surface area contributed by atoms with Crippen molar-refractivity contribution in [3.63, 3.8) is 0 Å². The van der Waals surface area contributed by atoms with Crippen molar-refractivity contribution in [3.8, 4) is 0 Å². The molecule has 1 saturated heterocycles. The van der Waals surface area contributed by atoms with Gasteiger partial charge in [0, 0.05) is 24.5 Å². The van der Waals surface area contributed by atoms with Crippen LogP contribution in [-0.4, -0.2) is 47.3 Å². The highest BCUT2D eigenvalue weighted by Gasteiger charge is 2.48. The van der Waals surface area contributed by atoms with Crippen molar-refractivity contribution in [2.24, 2.45) is 11.3 Å². The zero-order chi connectivity index (χ0) is 16.5. The molecule has 1 heterocycles. The van der Waals surface area contributed by atoms with E-state index in [0.29, 0.717) is 25.7 Å². The van der Waals surface area contributed by atoms with Crippen LogP contribution in [0.4, 0.5) is 18.0 Å². The summed E-state index contributed by atoms with van der Waals surface area (Å²) < 4.78 is 37.2. The van der Waals surface area contributed by atoms with E-state index in [1.165, 1.54) is 11.8 Å². The molecule has 126 valence electrons. The van der Waals surface area contributed by atoms with Crippen LogP contribution >= 0.6 is 0 Å². The third-order valence-electron chi connectivity index (χ3n) is 4.46. The first-order valence-corrected chi connectivity index (χ1v) is 7.43. The molecule has 1 aliphatic heterocycles. The highest BCUT2D eigenvalue weighted by atomic mass is 19.4. The Morgan fingerprint density at radius 1 is 1.23 bits per heavy atom. The van der Waals surface area contributed by atoms with Crippen LogP contribution in [0.25, 0.3) is 0 Å². The van der Waals surface area contributed by atoms with Crippen LogP contribution in [0.2, 0.25) is 0 Å². The Morgan fingerprint density at radius 3 is 2.23 bits per heavy atom. The molecule has 2 amide bonds. The Bertz CT molecular complexity index is 439. The number of carboxylic acid groups (broad SMARTS) is 1. The van der Waals surface area contributed by atoms with Gasteiger partial charge < -0.3 is 15.3 Å². The van der Waals surface area contributed by atoms with Gasteiger partial charge in [-0.1, -0.05) is 6.92 Å². The number of carbonyl (C=O) groups is 2. The summed E-state index contributed by atoms with van der Waals surface area (Å²) in [5.74, 6) is -1.16. The number of hydrogen-bond acceptors (Lipinski definition) is 2. The lowest BCUT2D eigenvalue weighted by Gasteiger charge is -2.48. The Hall–Kier alpha value is -1.47. The lowest BCUT2D eigenvalue weighted by atomic mass is 9.79. The first-order chi connectivity index (χ1) is 10.1. The monoisotopic (exact) mass is 322 g/mol. The highest BCUT2D eigenvalue weighted by molar-refractivity contribution is 5.75. The van der Waals surface area contributed by atoms with Crippen LogP contribution in [-0.2, 0) is 4.79 Å². The van der Waals surface area contributed by atoms with Gasteiger partial charge in [0.05, 0.1) is 12.3 Å². The van der Waals surface area contributed by atoms with Gasteiger partial charge in [-0.25, -0.2) is 4.79 Å². The van der Waals surface area contributed by atoms with Gasteiger partial charge in [0.2, 0.25) is 0 Å². The van der Waals surface area contributed by atoms with Crippen LogP contribution in [0, 0.1) is 11.3 Å². The molecular formula is C14H21F3N2O3. The largest absolute Gasteiger partial charge is 0.481 e. The maximum Gasteiger partial charge on any atom is 0.389 e. The SMILES string of the molecule is CC1(CC(F)(F)F)CN(C(=O)NC2CCC(C(=O)O)CC2)C1. The average Bonchev–Trinajstić information content (AvgIpc) is 2.34. The minimum Gasteiger partial charge on any atom is -0.481 e. The van der Waals surface area contributed by atoms with E-state index < -0.39 is 24.0 Å². The molecule has 0 unspecified atom stereocenters. The van der Waals surface area contributed by atoms with Crippen LogP contribution in [0.3, 0.4) is 0 Å². The third-order valence-corrected chi connectivity index (χ3v) is 4.46. The van der Waals surface area contributed by atoms with E-state index in [1.807, 2.05) is 0 Å². The minimum absolute atomic E-state index is 0.0856. The fraction of sp³-hybridized carbons (Fsp3) is 0.857. The number of likely N-dealkylation sites (tertiary alicyclic amines) is 1. The number of alkyl halides is 3. The van der Waals surface area contributed by atoms with Gasteiger partial charge >= 0.3 is 18.2 Å². The zero-order valence-corrected chi connectivity index (χ0v) is 12.4. The Balaban J connectivity index is 1.73. The second-order valence-corrected chi connectivity index (χ2v) is 6.79. The summed E-state index contributed by atoms with van der Waals surface area (Å²) in [4.78, 5) is 24.2. The van der Waals surface area contributed by atoms with Crippen molar-refractivity contribution in [2.45, 2.75) is 51.2 Å². The summed E-state index contributed by atoms with van der Waals surface area (Å²) in [5, 5.41) is 11.7. The molecule has 0 radical (unpaired) electrons. The summed E-state index contributed by atoms with van der Waals surface area (Å²) in [6.45, 7) is 1.73. The molecule has 0 aromatic carbocycles. The predicted molar refractivity (Wildman–Crippen MR) is 72.3 cm³/mol. The molecule has 1 aliphatic carbocycles. The number of halogens is 3. The van der Waals surface area contributed by atoms with E-state index in [-0.39, 0.29) is 31.1 Å². The van der Waals surface area contributed by atoms with Crippen molar-refractivity contribution < 1.29 is 27.9 Å². The van der Waals surface area contributed by atoms with Crippen molar-refractivity contribution in [2.75, 3.05) is 13.1 Å². The maximum atomic E-state index is 12.4. The second-order valence-electron chi connectivity index (χ2n) is 6.79. The van der Waals surface area contributed by atoms with Gasteiger partial charge in [-0.2, -0.15) is 13.2 Å². The van der Waals surface area contributed by atoms with E-state index in [9.17, 15) is 22.8 Å². The number of rotatable bonds is 3. The van der Waals surface area contributed by atoms with Crippen molar-refractivity contribution in [3.05, 3.63) is 0 Å². The third kappa shape index (κ3) is 4.27. The van der Waals surface area contributed by atoms with Crippen molar-refractivity contribution >= 4 is 12.0 Å². The molecule has 8 heteroatoms. The fourth-order valence-corrected chi connectivity index (χ4v) is 3.37. The summed E-state index contributed by atoms with van der Waals surface area (Å²) >= 11 is 0. The van der Waals surface area contributed by atoms with Gasteiger partial charge in [0.1, 0.15) is 0 Å². The van der Waals surface area contributed by atoms with E-state index in [1.54, 1.807) is 0 Å². The van der Waals surface area contributed by atoms with Crippen LogP contribution in [0.15, 0.2) is 0 Å². The molecule has 0 aromatic heterocycles. The number of nitrogens with zero attached hydrogens (tertiary/aromatic N) is 1. The zero-order valence-electron chi connectivity index (χ0n) is 12.4. The topological polar surface area (TPSA) is 69.6 Å².